The molecule has 0 aromatic heterocycles. The number of aliphatic carboxylic acids is 1. The molecule has 0 aliphatic carbocycles. The van der Waals surface area contributed by atoms with Gasteiger partial charge in [-0.05, 0) is 60.9 Å². The number of carboxylic acid groups (broad SMARTS) is 1. The van der Waals surface area contributed by atoms with Gasteiger partial charge in [-0.15, -0.1) is 0 Å². The number of halogens is 1. The van der Waals surface area contributed by atoms with Crippen LogP contribution in [-0.2, 0) is 19.6 Å². The normalized spacial score (nSPS) is 22.6. The highest BCUT2D eigenvalue weighted by atomic mass is 32.2. The molecule has 0 saturated carbocycles. The van der Waals surface area contributed by atoms with Crippen LogP contribution in [0.25, 0.3) is 0 Å². The third-order valence-electron chi connectivity index (χ3n) is 4.37. The van der Waals surface area contributed by atoms with Gasteiger partial charge < -0.3 is 14.6 Å². The van der Waals surface area contributed by atoms with Crippen LogP contribution in [0.5, 0.6) is 11.5 Å². The fourth-order valence-electron chi connectivity index (χ4n) is 3.05. The molecule has 0 spiro atoms. The lowest BCUT2D eigenvalue weighted by molar-refractivity contribution is -0.151. The van der Waals surface area contributed by atoms with E-state index in [0.29, 0.717) is 18.1 Å². The lowest BCUT2D eigenvalue weighted by Crippen LogP contribution is -2.60. The maximum atomic E-state index is 12.9. The van der Waals surface area contributed by atoms with E-state index in [1.54, 1.807) is 6.92 Å². The first-order chi connectivity index (χ1) is 13.2. The van der Waals surface area contributed by atoms with Crippen LogP contribution < -0.4 is 9.46 Å². The van der Waals surface area contributed by atoms with Crippen molar-refractivity contribution in [1.29, 1.82) is 0 Å². The molecule has 1 saturated heterocycles. The fraction of sp³-hybridized carbons (Fsp3) is 0.316. The summed E-state index contributed by atoms with van der Waals surface area (Å²) in [5.74, 6) is -1.02. The molecule has 7 nitrogen and oxygen atoms in total. The Morgan fingerprint density at radius 1 is 1.18 bits per heavy atom. The second-order valence-electron chi connectivity index (χ2n) is 6.84. The van der Waals surface area contributed by atoms with E-state index in [2.05, 4.69) is 4.72 Å². The Morgan fingerprint density at radius 3 is 2.29 bits per heavy atom. The Hall–Kier alpha value is -2.49. The zero-order valence-corrected chi connectivity index (χ0v) is 15.9. The Balaban J connectivity index is 1.77. The lowest BCUT2D eigenvalue weighted by atomic mass is 9.88. The lowest BCUT2D eigenvalue weighted by Gasteiger charge is -2.36. The molecule has 1 aliphatic heterocycles. The summed E-state index contributed by atoms with van der Waals surface area (Å²) in [5.41, 5.74) is -1.71. The molecular weight excluding hydrogens is 389 g/mol. The minimum absolute atomic E-state index is 0.0981. The average Bonchev–Trinajstić information content (AvgIpc) is 2.63. The molecule has 2 unspecified atom stereocenters. The van der Waals surface area contributed by atoms with Crippen molar-refractivity contribution in [2.45, 2.75) is 23.8 Å². The Kier molecular flexibility index (Phi) is 5.69. The Labute approximate surface area is 162 Å². The number of ether oxygens (including phenoxy) is 2. The summed E-state index contributed by atoms with van der Waals surface area (Å²) >= 11 is 0. The first-order valence-electron chi connectivity index (χ1n) is 8.59. The summed E-state index contributed by atoms with van der Waals surface area (Å²) in [7, 11) is -4.10. The minimum Gasteiger partial charge on any atom is -0.480 e. The first-order valence-corrected chi connectivity index (χ1v) is 10.1. The van der Waals surface area contributed by atoms with Crippen LogP contribution in [0.15, 0.2) is 53.4 Å². The van der Waals surface area contributed by atoms with Gasteiger partial charge in [0.25, 0.3) is 0 Å². The molecule has 2 atom stereocenters. The molecule has 0 radical (unpaired) electrons. The van der Waals surface area contributed by atoms with Crippen molar-refractivity contribution in [3.05, 3.63) is 54.3 Å². The molecule has 2 aromatic carbocycles. The average molecular weight is 409 g/mol. The van der Waals surface area contributed by atoms with Gasteiger partial charge in [0.1, 0.15) is 17.3 Å². The zero-order valence-electron chi connectivity index (χ0n) is 15.1. The number of carboxylic acids is 1. The van der Waals surface area contributed by atoms with Gasteiger partial charge in [-0.3, -0.25) is 4.79 Å². The molecule has 28 heavy (non-hydrogen) atoms. The van der Waals surface area contributed by atoms with E-state index in [1.165, 1.54) is 48.5 Å². The van der Waals surface area contributed by atoms with Crippen LogP contribution in [0.2, 0.25) is 0 Å². The van der Waals surface area contributed by atoms with Crippen LogP contribution in [0.1, 0.15) is 13.3 Å². The van der Waals surface area contributed by atoms with E-state index in [9.17, 15) is 22.7 Å². The zero-order chi connectivity index (χ0) is 20.4. The monoisotopic (exact) mass is 409 g/mol. The van der Waals surface area contributed by atoms with Crippen molar-refractivity contribution < 1.29 is 32.2 Å². The van der Waals surface area contributed by atoms with Gasteiger partial charge in [-0.1, -0.05) is 6.92 Å². The molecule has 150 valence electrons. The highest BCUT2D eigenvalue weighted by Gasteiger charge is 2.46. The number of carbonyl (C=O) groups is 1. The summed E-state index contributed by atoms with van der Waals surface area (Å²) in [4.78, 5) is 11.7. The molecule has 2 aromatic rings. The topological polar surface area (TPSA) is 102 Å². The molecule has 2 N–H and O–H groups in total. The molecule has 3 rings (SSSR count). The summed E-state index contributed by atoms with van der Waals surface area (Å²) < 4.78 is 51.5. The van der Waals surface area contributed by atoms with Crippen molar-refractivity contribution >= 4 is 16.0 Å². The maximum Gasteiger partial charge on any atom is 0.327 e. The van der Waals surface area contributed by atoms with Crippen molar-refractivity contribution in [3.63, 3.8) is 0 Å². The second-order valence-corrected chi connectivity index (χ2v) is 8.53. The predicted molar refractivity (Wildman–Crippen MR) is 98.2 cm³/mol. The van der Waals surface area contributed by atoms with E-state index in [-0.39, 0.29) is 23.8 Å². The quantitative estimate of drug-likeness (QED) is 0.761. The first kappa shape index (κ1) is 20.2. The van der Waals surface area contributed by atoms with Crippen molar-refractivity contribution in [3.8, 4) is 11.5 Å². The number of hydrogen-bond donors (Lipinski definition) is 2. The van der Waals surface area contributed by atoms with Crippen LogP contribution in [0, 0.1) is 11.7 Å². The van der Waals surface area contributed by atoms with E-state index >= 15 is 0 Å². The van der Waals surface area contributed by atoms with Gasteiger partial charge in [0.2, 0.25) is 10.0 Å². The predicted octanol–water partition coefficient (Wildman–Crippen LogP) is 2.78. The third-order valence-corrected chi connectivity index (χ3v) is 5.92. The molecule has 0 bridgehead atoms. The van der Waals surface area contributed by atoms with Crippen LogP contribution in [0.3, 0.4) is 0 Å². The van der Waals surface area contributed by atoms with Gasteiger partial charge in [0.05, 0.1) is 11.5 Å². The highest BCUT2D eigenvalue weighted by Crippen LogP contribution is 2.28. The second kappa shape index (κ2) is 7.86. The van der Waals surface area contributed by atoms with Crippen LogP contribution >= 0.6 is 0 Å². The van der Waals surface area contributed by atoms with Crippen LogP contribution in [-0.4, -0.2) is 38.2 Å². The highest BCUT2D eigenvalue weighted by molar-refractivity contribution is 7.89. The number of rotatable bonds is 6. The standard InChI is InChI=1S/C19H20FNO6S/c1-13-10-19(18(22)23,12-26-11-13)21-28(24,25)17-8-6-16(7-9-17)27-15-4-2-14(20)3-5-15/h2-9,13,21H,10-12H2,1H3,(H,22,23). The van der Waals surface area contributed by atoms with Crippen molar-refractivity contribution in [1.82, 2.24) is 4.72 Å². The van der Waals surface area contributed by atoms with Gasteiger partial charge in [0, 0.05) is 6.61 Å². The summed E-state index contributed by atoms with van der Waals surface area (Å²) in [6.07, 6.45) is 0.132. The summed E-state index contributed by atoms with van der Waals surface area (Å²) in [6.45, 7) is 1.94. The van der Waals surface area contributed by atoms with Gasteiger partial charge in [0.15, 0.2) is 5.54 Å². The Bertz CT molecular complexity index is 945. The number of sulfonamides is 1. The van der Waals surface area contributed by atoms with Crippen molar-refractivity contribution in [2.24, 2.45) is 5.92 Å². The maximum absolute atomic E-state index is 12.9. The number of nitrogens with one attached hydrogen (secondary N) is 1. The third kappa shape index (κ3) is 4.49. The molecule has 1 aliphatic rings. The molecule has 1 heterocycles. The van der Waals surface area contributed by atoms with Gasteiger partial charge in [-0.2, -0.15) is 4.72 Å². The molecular formula is C19H20FNO6S. The summed E-state index contributed by atoms with van der Waals surface area (Å²) in [5, 5.41) is 9.59. The number of hydrogen-bond acceptors (Lipinski definition) is 5. The molecule has 1 fully saturated rings. The van der Waals surface area contributed by atoms with Gasteiger partial charge in [-0.25, -0.2) is 12.8 Å². The van der Waals surface area contributed by atoms with E-state index in [4.69, 9.17) is 9.47 Å². The Morgan fingerprint density at radius 2 is 1.75 bits per heavy atom. The van der Waals surface area contributed by atoms with Crippen LogP contribution in [0.4, 0.5) is 4.39 Å². The van der Waals surface area contributed by atoms with E-state index in [1.807, 2.05) is 0 Å². The fourth-order valence-corrected chi connectivity index (χ4v) is 4.41. The SMILES string of the molecule is CC1COCC(NS(=O)(=O)c2ccc(Oc3ccc(F)cc3)cc2)(C(=O)O)C1. The van der Waals surface area contributed by atoms with Crippen molar-refractivity contribution in [2.75, 3.05) is 13.2 Å². The molecule has 9 heteroatoms. The van der Waals surface area contributed by atoms with E-state index < -0.39 is 27.3 Å². The summed E-state index contributed by atoms with van der Waals surface area (Å²) in [6, 6.07) is 10.9. The van der Waals surface area contributed by atoms with Gasteiger partial charge >= 0.3 is 5.97 Å². The molecule has 0 amide bonds. The number of benzene rings is 2. The van der Waals surface area contributed by atoms with E-state index in [0.717, 1.165) is 0 Å². The largest absolute Gasteiger partial charge is 0.480 e. The minimum atomic E-state index is -4.10. The smallest absolute Gasteiger partial charge is 0.327 e.